The Hall–Kier alpha value is -2.48. The molecular formula is C26H37N3O4. The Bertz CT molecular complexity index is 899. The molecule has 1 saturated heterocycles. The van der Waals surface area contributed by atoms with E-state index >= 15 is 0 Å². The topological polar surface area (TPSA) is 65.9 Å². The average molecular weight is 456 g/mol. The molecule has 0 aliphatic carbocycles. The van der Waals surface area contributed by atoms with Crippen LogP contribution in [0.3, 0.4) is 0 Å². The summed E-state index contributed by atoms with van der Waals surface area (Å²) in [5.41, 5.74) is 4.87. The fourth-order valence-electron chi connectivity index (χ4n) is 3.74. The van der Waals surface area contributed by atoms with Crippen molar-refractivity contribution in [3.8, 4) is 6.01 Å². The zero-order valence-corrected chi connectivity index (χ0v) is 20.4. The summed E-state index contributed by atoms with van der Waals surface area (Å²) < 4.78 is 22.5. The van der Waals surface area contributed by atoms with Crippen molar-refractivity contribution >= 4 is 11.3 Å². The van der Waals surface area contributed by atoms with E-state index in [4.69, 9.17) is 18.9 Å². The summed E-state index contributed by atoms with van der Waals surface area (Å²) in [6.07, 6.45) is 5.96. The molecule has 2 atom stereocenters. The highest BCUT2D eigenvalue weighted by molar-refractivity contribution is 5.84. The van der Waals surface area contributed by atoms with Gasteiger partial charge >= 0.3 is 6.01 Å². The molecule has 2 aromatic rings. The van der Waals surface area contributed by atoms with Crippen LogP contribution in [0.15, 0.2) is 37.0 Å². The second kappa shape index (κ2) is 12.7. The number of ether oxygens (including phenoxy) is 4. The number of benzene rings is 1. The maximum Gasteiger partial charge on any atom is 0.316 e. The molecule has 1 aliphatic rings. The molecule has 1 aliphatic heterocycles. The molecule has 0 bridgehead atoms. The zero-order chi connectivity index (χ0) is 23.6. The molecule has 1 aromatic carbocycles. The first-order chi connectivity index (χ1) is 16.0. The zero-order valence-electron chi connectivity index (χ0n) is 20.4. The van der Waals surface area contributed by atoms with Crippen LogP contribution in [0, 0.1) is 6.92 Å². The first kappa shape index (κ1) is 25.1. The minimum atomic E-state index is 0.0754. The van der Waals surface area contributed by atoms with Gasteiger partial charge in [0.15, 0.2) is 0 Å². The second-order valence-electron chi connectivity index (χ2n) is 8.48. The van der Waals surface area contributed by atoms with Crippen molar-refractivity contribution in [2.75, 3.05) is 45.5 Å². The number of nitrogens with zero attached hydrogens (tertiary/aromatic N) is 3. The Morgan fingerprint density at radius 2 is 2.12 bits per heavy atom. The van der Waals surface area contributed by atoms with E-state index < -0.39 is 0 Å². The summed E-state index contributed by atoms with van der Waals surface area (Å²) in [5.74, 6) is 0. The van der Waals surface area contributed by atoms with E-state index in [1.54, 1.807) is 13.3 Å². The monoisotopic (exact) mass is 455 g/mol. The molecule has 0 N–H and O–H groups in total. The van der Waals surface area contributed by atoms with E-state index in [0.717, 1.165) is 48.4 Å². The molecule has 3 rings (SSSR count). The summed E-state index contributed by atoms with van der Waals surface area (Å²) in [6, 6.07) is 8.62. The van der Waals surface area contributed by atoms with Crippen LogP contribution in [-0.2, 0) is 14.2 Å². The standard InChI is InChI=1S/C26H37N3O4/c1-19-10-11-24(29(4)25-9-6-7-15-32-25)22(17-19)21(3)23-12-13-27-26(28-23)33-16-8-14-31-18-20(2)30-5/h10-13,17,20,25H,3,6-9,14-16,18H2,1-2,4-5H3/t20-,25?/m0/s1. The predicted molar refractivity (Wildman–Crippen MR) is 131 cm³/mol. The van der Waals surface area contributed by atoms with Gasteiger partial charge in [0.05, 0.1) is 25.0 Å². The van der Waals surface area contributed by atoms with Gasteiger partial charge in [-0.15, -0.1) is 0 Å². The van der Waals surface area contributed by atoms with Gasteiger partial charge in [0.2, 0.25) is 0 Å². The van der Waals surface area contributed by atoms with Gasteiger partial charge in [0.25, 0.3) is 0 Å². The lowest BCUT2D eigenvalue weighted by atomic mass is 9.99. The second-order valence-corrected chi connectivity index (χ2v) is 8.48. The molecule has 1 fully saturated rings. The van der Waals surface area contributed by atoms with Crippen molar-refractivity contribution in [1.29, 1.82) is 0 Å². The number of aromatic nitrogens is 2. The van der Waals surface area contributed by atoms with Crippen molar-refractivity contribution in [2.45, 2.75) is 51.9 Å². The van der Waals surface area contributed by atoms with Gasteiger partial charge in [-0.2, -0.15) is 4.98 Å². The van der Waals surface area contributed by atoms with Gasteiger partial charge in [-0.25, -0.2) is 4.98 Å². The summed E-state index contributed by atoms with van der Waals surface area (Å²) in [5, 5.41) is 0. The molecule has 1 unspecified atom stereocenters. The number of hydrogen-bond donors (Lipinski definition) is 0. The third kappa shape index (κ3) is 7.25. The number of anilines is 1. The van der Waals surface area contributed by atoms with Gasteiger partial charge in [-0.3, -0.25) is 0 Å². The summed E-state index contributed by atoms with van der Waals surface area (Å²) >= 11 is 0. The van der Waals surface area contributed by atoms with E-state index in [1.165, 1.54) is 12.0 Å². The quantitative estimate of drug-likeness (QED) is 0.432. The maximum absolute atomic E-state index is 6.01. The van der Waals surface area contributed by atoms with Crippen molar-refractivity contribution < 1.29 is 18.9 Å². The van der Waals surface area contributed by atoms with Crippen LogP contribution in [0.25, 0.3) is 5.57 Å². The average Bonchev–Trinajstić information content (AvgIpc) is 2.85. The SMILES string of the molecule is C=C(c1ccnc(OCCCOC[C@H](C)OC)n1)c1cc(C)ccc1N(C)C1CCCCO1. The normalized spacial score (nSPS) is 16.9. The van der Waals surface area contributed by atoms with Crippen LogP contribution in [0.2, 0.25) is 0 Å². The Morgan fingerprint density at radius 3 is 2.88 bits per heavy atom. The molecule has 1 aromatic heterocycles. The van der Waals surface area contributed by atoms with Crippen molar-refractivity contribution in [3.63, 3.8) is 0 Å². The smallest absolute Gasteiger partial charge is 0.316 e. The Morgan fingerprint density at radius 1 is 1.27 bits per heavy atom. The number of rotatable bonds is 12. The lowest BCUT2D eigenvalue weighted by Gasteiger charge is -2.34. The van der Waals surface area contributed by atoms with E-state index in [1.807, 2.05) is 13.0 Å². The molecule has 0 spiro atoms. The Balaban J connectivity index is 1.65. The van der Waals surface area contributed by atoms with Gasteiger partial charge in [-0.05, 0) is 51.3 Å². The Labute approximate surface area is 197 Å². The largest absolute Gasteiger partial charge is 0.463 e. The highest BCUT2D eigenvalue weighted by Crippen LogP contribution is 2.33. The van der Waals surface area contributed by atoms with Crippen molar-refractivity contribution in [1.82, 2.24) is 9.97 Å². The predicted octanol–water partition coefficient (Wildman–Crippen LogP) is 4.63. The van der Waals surface area contributed by atoms with Gasteiger partial charge < -0.3 is 23.8 Å². The van der Waals surface area contributed by atoms with Crippen LogP contribution < -0.4 is 9.64 Å². The van der Waals surface area contributed by atoms with Gasteiger partial charge in [0.1, 0.15) is 6.23 Å². The van der Waals surface area contributed by atoms with Crippen LogP contribution in [0.5, 0.6) is 6.01 Å². The third-order valence-electron chi connectivity index (χ3n) is 5.81. The minimum Gasteiger partial charge on any atom is -0.463 e. The van der Waals surface area contributed by atoms with Crippen LogP contribution in [0.1, 0.15) is 49.4 Å². The molecule has 0 amide bonds. The molecule has 7 nitrogen and oxygen atoms in total. The highest BCUT2D eigenvalue weighted by Gasteiger charge is 2.22. The summed E-state index contributed by atoms with van der Waals surface area (Å²) in [6.45, 7) is 10.9. The molecule has 2 heterocycles. The first-order valence-electron chi connectivity index (χ1n) is 11.7. The fourth-order valence-corrected chi connectivity index (χ4v) is 3.74. The molecular weight excluding hydrogens is 418 g/mol. The van der Waals surface area contributed by atoms with E-state index in [-0.39, 0.29) is 12.3 Å². The fraction of sp³-hybridized carbons (Fsp3) is 0.538. The lowest BCUT2D eigenvalue weighted by molar-refractivity contribution is 0.0151. The van der Waals surface area contributed by atoms with Crippen LogP contribution >= 0.6 is 0 Å². The van der Waals surface area contributed by atoms with E-state index in [9.17, 15) is 0 Å². The van der Waals surface area contributed by atoms with Crippen molar-refractivity contribution in [2.24, 2.45) is 0 Å². The van der Waals surface area contributed by atoms with E-state index in [2.05, 4.69) is 53.6 Å². The third-order valence-corrected chi connectivity index (χ3v) is 5.81. The highest BCUT2D eigenvalue weighted by atomic mass is 16.5. The maximum atomic E-state index is 6.01. The molecule has 7 heteroatoms. The number of hydrogen-bond acceptors (Lipinski definition) is 7. The van der Waals surface area contributed by atoms with Crippen molar-refractivity contribution in [3.05, 3.63) is 53.9 Å². The molecule has 0 radical (unpaired) electrons. The number of aryl methyl sites for hydroxylation is 1. The van der Waals surface area contributed by atoms with E-state index in [0.29, 0.717) is 25.8 Å². The molecule has 180 valence electrons. The Kier molecular flexibility index (Phi) is 9.66. The summed E-state index contributed by atoms with van der Waals surface area (Å²) in [4.78, 5) is 11.1. The van der Waals surface area contributed by atoms with Gasteiger partial charge in [-0.1, -0.05) is 18.2 Å². The van der Waals surface area contributed by atoms with Crippen LogP contribution in [-0.4, -0.2) is 62.9 Å². The lowest BCUT2D eigenvalue weighted by Crippen LogP contribution is -2.37. The summed E-state index contributed by atoms with van der Waals surface area (Å²) in [7, 11) is 3.76. The van der Waals surface area contributed by atoms with Gasteiger partial charge in [0, 0.05) is 56.8 Å². The first-order valence-corrected chi connectivity index (χ1v) is 11.7. The minimum absolute atomic E-state index is 0.0754. The number of methoxy groups -OCH3 is 1. The molecule has 0 saturated carbocycles. The molecule has 33 heavy (non-hydrogen) atoms. The van der Waals surface area contributed by atoms with Crippen LogP contribution in [0.4, 0.5) is 5.69 Å².